The molecule has 118 valence electrons. The third-order valence-corrected chi connectivity index (χ3v) is 3.66. The molecule has 1 aliphatic carbocycles. The van der Waals surface area contributed by atoms with E-state index in [1.165, 1.54) is 32.1 Å². The Hall–Kier alpha value is -1.59. The van der Waals surface area contributed by atoms with E-state index in [-0.39, 0.29) is 0 Å². The van der Waals surface area contributed by atoms with Gasteiger partial charge in [-0.1, -0.05) is 26.2 Å². The third-order valence-electron chi connectivity index (χ3n) is 3.66. The number of nitrogens with one attached hydrogen (secondary N) is 2. The fourth-order valence-corrected chi connectivity index (χ4v) is 2.56. The maximum absolute atomic E-state index is 5.53. The largest absolute Gasteiger partial charge is 0.463 e. The van der Waals surface area contributed by atoms with Crippen molar-refractivity contribution in [3.05, 3.63) is 0 Å². The molecule has 0 amide bonds. The van der Waals surface area contributed by atoms with E-state index in [4.69, 9.17) is 4.74 Å². The van der Waals surface area contributed by atoms with Crippen molar-refractivity contribution in [3.63, 3.8) is 0 Å². The predicted octanol–water partition coefficient (Wildman–Crippen LogP) is 3.08. The number of rotatable bonds is 8. The molecule has 0 aliphatic heterocycles. The van der Waals surface area contributed by atoms with Gasteiger partial charge in [-0.2, -0.15) is 15.0 Å². The highest BCUT2D eigenvalue weighted by molar-refractivity contribution is 5.35. The Bertz CT molecular complexity index is 421. The van der Waals surface area contributed by atoms with Crippen LogP contribution in [0.2, 0.25) is 0 Å². The summed E-state index contributed by atoms with van der Waals surface area (Å²) in [6.07, 6.45) is 7.61. The summed E-state index contributed by atoms with van der Waals surface area (Å²) in [5.41, 5.74) is 0. The first-order chi connectivity index (χ1) is 10.3. The Morgan fingerprint density at radius 1 is 1.00 bits per heavy atom. The molecule has 1 aliphatic rings. The molecule has 1 saturated carbocycles. The van der Waals surface area contributed by atoms with Crippen LogP contribution in [0.15, 0.2) is 0 Å². The Kier molecular flexibility index (Phi) is 6.50. The summed E-state index contributed by atoms with van der Waals surface area (Å²) in [6, 6.07) is 0.397. The zero-order valence-electron chi connectivity index (χ0n) is 13.2. The molecule has 0 spiro atoms. The Balaban J connectivity index is 1.96. The van der Waals surface area contributed by atoms with Crippen LogP contribution >= 0.6 is 0 Å². The van der Waals surface area contributed by atoms with Gasteiger partial charge in [0.15, 0.2) is 0 Å². The number of anilines is 2. The van der Waals surface area contributed by atoms with E-state index in [1.807, 2.05) is 6.92 Å². The Labute approximate surface area is 127 Å². The first-order valence-corrected chi connectivity index (χ1v) is 8.18. The second-order valence-corrected chi connectivity index (χ2v) is 5.53. The molecule has 0 atom stereocenters. The molecule has 2 N–H and O–H groups in total. The van der Waals surface area contributed by atoms with E-state index in [1.54, 1.807) is 0 Å². The molecular weight excluding hydrogens is 266 g/mol. The number of aromatic nitrogens is 3. The minimum Gasteiger partial charge on any atom is -0.463 e. The van der Waals surface area contributed by atoms with E-state index < -0.39 is 0 Å². The van der Waals surface area contributed by atoms with E-state index in [0.717, 1.165) is 25.4 Å². The lowest BCUT2D eigenvalue weighted by Gasteiger charge is -2.21. The second kappa shape index (κ2) is 8.64. The van der Waals surface area contributed by atoms with Crippen molar-refractivity contribution in [3.8, 4) is 6.01 Å². The summed E-state index contributed by atoms with van der Waals surface area (Å²) in [5.74, 6) is 1.92. The average molecular weight is 293 g/mol. The van der Waals surface area contributed by atoms with Gasteiger partial charge in [-0.3, -0.25) is 0 Å². The highest BCUT2D eigenvalue weighted by Gasteiger charge is 2.14. The molecule has 1 aromatic rings. The van der Waals surface area contributed by atoms with Crippen LogP contribution in [0.5, 0.6) is 6.01 Å². The summed E-state index contributed by atoms with van der Waals surface area (Å²) in [5, 5.41) is 6.47. The van der Waals surface area contributed by atoms with Crippen LogP contribution in [-0.2, 0) is 0 Å². The highest BCUT2D eigenvalue weighted by Crippen LogP contribution is 2.23. The number of ether oxygens (including phenoxy) is 1. The minimum absolute atomic E-state index is 0.397. The van der Waals surface area contributed by atoms with Gasteiger partial charge in [0.05, 0.1) is 6.61 Å². The van der Waals surface area contributed by atoms with Crippen LogP contribution in [0.3, 0.4) is 0 Å². The van der Waals surface area contributed by atoms with Gasteiger partial charge in [0.25, 0.3) is 0 Å². The van der Waals surface area contributed by atoms with Crippen molar-refractivity contribution >= 4 is 11.9 Å². The van der Waals surface area contributed by atoms with Gasteiger partial charge in [-0.15, -0.1) is 0 Å². The summed E-state index contributed by atoms with van der Waals surface area (Å²) >= 11 is 0. The standard InChI is InChI=1S/C15H27N5O/c1-3-10-21-15-19-13(16-4-2)18-14(20-15)17-11-12-8-6-5-7-9-12/h12H,3-11H2,1-2H3,(H2,16,17,18,19,20). The minimum atomic E-state index is 0.397. The van der Waals surface area contributed by atoms with Crippen LogP contribution < -0.4 is 15.4 Å². The molecule has 21 heavy (non-hydrogen) atoms. The second-order valence-electron chi connectivity index (χ2n) is 5.53. The maximum Gasteiger partial charge on any atom is 0.323 e. The lowest BCUT2D eigenvalue weighted by Crippen LogP contribution is -2.19. The van der Waals surface area contributed by atoms with Gasteiger partial charge in [-0.05, 0) is 32.1 Å². The Morgan fingerprint density at radius 2 is 1.71 bits per heavy atom. The Morgan fingerprint density at radius 3 is 2.38 bits per heavy atom. The van der Waals surface area contributed by atoms with Crippen LogP contribution in [0.25, 0.3) is 0 Å². The molecule has 0 unspecified atom stereocenters. The molecule has 0 aromatic carbocycles. The van der Waals surface area contributed by atoms with Gasteiger partial charge < -0.3 is 15.4 Å². The maximum atomic E-state index is 5.53. The van der Waals surface area contributed by atoms with E-state index >= 15 is 0 Å². The zero-order valence-corrected chi connectivity index (χ0v) is 13.2. The van der Waals surface area contributed by atoms with E-state index in [0.29, 0.717) is 24.5 Å². The highest BCUT2D eigenvalue weighted by atomic mass is 16.5. The molecular formula is C15H27N5O. The van der Waals surface area contributed by atoms with Crippen LogP contribution in [0.4, 0.5) is 11.9 Å². The van der Waals surface area contributed by atoms with Crippen molar-refractivity contribution < 1.29 is 4.74 Å². The number of nitrogens with zero attached hydrogens (tertiary/aromatic N) is 3. The average Bonchev–Trinajstić information content (AvgIpc) is 2.52. The summed E-state index contributed by atoms with van der Waals surface area (Å²) in [7, 11) is 0. The van der Waals surface area contributed by atoms with Crippen molar-refractivity contribution in [2.75, 3.05) is 30.3 Å². The number of hydrogen-bond acceptors (Lipinski definition) is 6. The molecule has 0 bridgehead atoms. The first-order valence-electron chi connectivity index (χ1n) is 8.18. The zero-order chi connectivity index (χ0) is 14.9. The first kappa shape index (κ1) is 15.8. The van der Waals surface area contributed by atoms with Gasteiger partial charge in [0.2, 0.25) is 11.9 Å². The van der Waals surface area contributed by atoms with Crippen LogP contribution in [0.1, 0.15) is 52.4 Å². The molecule has 2 rings (SSSR count). The van der Waals surface area contributed by atoms with E-state index in [9.17, 15) is 0 Å². The fraction of sp³-hybridized carbons (Fsp3) is 0.800. The fourth-order valence-electron chi connectivity index (χ4n) is 2.56. The molecule has 1 aromatic heterocycles. The van der Waals surface area contributed by atoms with E-state index in [2.05, 4.69) is 32.5 Å². The summed E-state index contributed by atoms with van der Waals surface area (Å²) in [6.45, 7) is 6.42. The topological polar surface area (TPSA) is 72.0 Å². The number of hydrogen-bond donors (Lipinski definition) is 2. The normalized spacial score (nSPS) is 15.7. The quantitative estimate of drug-likeness (QED) is 0.767. The lowest BCUT2D eigenvalue weighted by molar-refractivity contribution is 0.292. The molecule has 6 nitrogen and oxygen atoms in total. The van der Waals surface area contributed by atoms with Crippen molar-refractivity contribution in [2.24, 2.45) is 5.92 Å². The smallest absolute Gasteiger partial charge is 0.323 e. The monoisotopic (exact) mass is 293 g/mol. The van der Waals surface area contributed by atoms with Gasteiger partial charge >= 0.3 is 6.01 Å². The SMILES string of the molecule is CCCOc1nc(NCC)nc(NCC2CCCCC2)n1. The van der Waals surface area contributed by atoms with Crippen molar-refractivity contribution in [2.45, 2.75) is 52.4 Å². The van der Waals surface area contributed by atoms with Crippen LogP contribution in [-0.4, -0.2) is 34.6 Å². The van der Waals surface area contributed by atoms with Gasteiger partial charge in [0, 0.05) is 13.1 Å². The molecule has 1 fully saturated rings. The molecule has 0 saturated heterocycles. The van der Waals surface area contributed by atoms with Crippen molar-refractivity contribution in [1.29, 1.82) is 0 Å². The van der Waals surface area contributed by atoms with Crippen molar-refractivity contribution in [1.82, 2.24) is 15.0 Å². The summed E-state index contributed by atoms with van der Waals surface area (Å²) < 4.78 is 5.53. The van der Waals surface area contributed by atoms with Crippen LogP contribution in [0, 0.1) is 5.92 Å². The molecule has 0 radical (unpaired) electrons. The predicted molar refractivity (Wildman–Crippen MR) is 84.8 cm³/mol. The van der Waals surface area contributed by atoms with Gasteiger partial charge in [-0.25, -0.2) is 0 Å². The molecule has 1 heterocycles. The van der Waals surface area contributed by atoms with Gasteiger partial charge in [0.1, 0.15) is 0 Å². The lowest BCUT2D eigenvalue weighted by atomic mass is 9.89. The molecule has 6 heteroatoms. The summed E-state index contributed by atoms with van der Waals surface area (Å²) in [4.78, 5) is 13.0. The third kappa shape index (κ3) is 5.36.